The number of thiazole rings is 1. The first kappa shape index (κ1) is 27.4. The number of nitrogens with two attached hydrogens (primary N) is 1. The molecule has 4 rings (SSSR count). The fourth-order valence-electron chi connectivity index (χ4n) is 4.37. The third kappa shape index (κ3) is 7.01. The van der Waals surface area contributed by atoms with Crippen LogP contribution in [0.4, 0.5) is 4.39 Å². The van der Waals surface area contributed by atoms with E-state index >= 15 is 0 Å². The summed E-state index contributed by atoms with van der Waals surface area (Å²) in [6.07, 6.45) is 2.98. The third-order valence-corrected chi connectivity index (χ3v) is 7.59. The highest BCUT2D eigenvalue weighted by atomic mass is 79.9. The number of hydrogen-bond acceptors (Lipinski definition) is 9. The number of carbonyl (C=O) groups is 2. The summed E-state index contributed by atoms with van der Waals surface area (Å²) in [4.78, 5) is 35.9. The quantitative estimate of drug-likeness (QED) is 0.406. The molecule has 2 aliphatic rings. The van der Waals surface area contributed by atoms with Crippen LogP contribution in [0.25, 0.3) is 0 Å². The number of ether oxygens (including phenoxy) is 2. The second kappa shape index (κ2) is 12.7. The maximum atomic E-state index is 13.9. The molecule has 1 unspecified atom stereocenters. The monoisotopic (exact) mass is 593 g/mol. The molecule has 1 fully saturated rings. The number of nitrogens with one attached hydrogen (secondary N) is 1. The molecule has 12 heteroatoms. The van der Waals surface area contributed by atoms with Crippen molar-refractivity contribution in [1.82, 2.24) is 15.2 Å². The van der Waals surface area contributed by atoms with Crippen LogP contribution in [0.15, 0.2) is 50.5 Å². The fourth-order valence-corrected chi connectivity index (χ4v) is 5.53. The van der Waals surface area contributed by atoms with E-state index in [0.29, 0.717) is 64.7 Å². The number of halogens is 2. The first-order valence-electron chi connectivity index (χ1n) is 12.1. The lowest BCUT2D eigenvalue weighted by molar-refractivity contribution is -0.139. The van der Waals surface area contributed by atoms with Gasteiger partial charge in [-0.15, -0.1) is 11.3 Å². The van der Waals surface area contributed by atoms with Gasteiger partial charge in [0.1, 0.15) is 11.9 Å². The lowest BCUT2D eigenvalue weighted by Crippen LogP contribution is -2.44. The Bertz CT molecular complexity index is 1190. The highest BCUT2D eigenvalue weighted by Crippen LogP contribution is 2.37. The summed E-state index contributed by atoms with van der Waals surface area (Å²) in [6.45, 7) is 4.55. The minimum Gasteiger partial charge on any atom is -0.463 e. The Morgan fingerprint density at radius 2 is 2.24 bits per heavy atom. The number of amides is 1. The van der Waals surface area contributed by atoms with Gasteiger partial charge >= 0.3 is 5.97 Å². The normalized spacial score (nSPS) is 20.4. The largest absolute Gasteiger partial charge is 0.463 e. The van der Waals surface area contributed by atoms with Crippen LogP contribution in [0, 0.1) is 5.82 Å². The second-order valence-electron chi connectivity index (χ2n) is 8.67. The van der Waals surface area contributed by atoms with Gasteiger partial charge in [0.15, 0.2) is 10.8 Å². The van der Waals surface area contributed by atoms with Crippen LogP contribution in [0.1, 0.15) is 42.8 Å². The minimum absolute atomic E-state index is 0.0746. The number of aromatic nitrogens is 1. The van der Waals surface area contributed by atoms with Crippen LogP contribution in [0.3, 0.4) is 0 Å². The van der Waals surface area contributed by atoms with E-state index in [1.807, 2.05) is 5.38 Å². The predicted octanol–water partition coefficient (Wildman–Crippen LogP) is 3.31. The van der Waals surface area contributed by atoms with Gasteiger partial charge in [-0.2, -0.15) is 0 Å². The van der Waals surface area contributed by atoms with Crippen molar-refractivity contribution in [2.24, 2.45) is 10.7 Å². The van der Waals surface area contributed by atoms with Gasteiger partial charge in [0.05, 0.1) is 24.9 Å². The Labute approximate surface area is 227 Å². The molecule has 0 radical (unpaired) electrons. The second-order valence-corrected chi connectivity index (χ2v) is 10.4. The van der Waals surface area contributed by atoms with Crippen LogP contribution in [-0.4, -0.2) is 66.5 Å². The predicted molar refractivity (Wildman–Crippen MR) is 142 cm³/mol. The van der Waals surface area contributed by atoms with Gasteiger partial charge in [-0.1, -0.05) is 22.0 Å². The fraction of sp³-hybridized carbons (Fsp3) is 0.440. The standard InChI is InChI=1S/C25H29BrFN5O4S/c1-2-35-25(34)21-19(7-9-32-10-11-36-16(14-32)4-6-20(28)33)30-23(24-29-8-12-37-24)31-22(21)17-5-3-15(27)13-18(17)26/h3,5,8,12-13,16,22H,2,4,6-7,9-11,14H2,1H3,(H2,28,33)(H,30,31)/t16?,22-/m1/s1. The van der Waals surface area contributed by atoms with Crippen molar-refractivity contribution in [3.63, 3.8) is 0 Å². The lowest BCUT2D eigenvalue weighted by Gasteiger charge is -2.34. The Kier molecular flexibility index (Phi) is 9.41. The van der Waals surface area contributed by atoms with Crippen molar-refractivity contribution in [3.05, 3.63) is 61.9 Å². The molecule has 1 amide bonds. The van der Waals surface area contributed by atoms with Gasteiger partial charge in [0.2, 0.25) is 5.91 Å². The molecule has 1 saturated heterocycles. The van der Waals surface area contributed by atoms with Crippen LogP contribution in [0.5, 0.6) is 0 Å². The van der Waals surface area contributed by atoms with E-state index in [2.05, 4.69) is 31.1 Å². The zero-order valence-corrected chi connectivity index (χ0v) is 22.8. The van der Waals surface area contributed by atoms with E-state index in [9.17, 15) is 14.0 Å². The Morgan fingerprint density at radius 1 is 1.41 bits per heavy atom. The molecule has 2 atom stereocenters. The molecule has 0 spiro atoms. The summed E-state index contributed by atoms with van der Waals surface area (Å²) in [5.41, 5.74) is 7.01. The zero-order valence-electron chi connectivity index (χ0n) is 20.4. The molecule has 2 aromatic rings. The van der Waals surface area contributed by atoms with E-state index < -0.39 is 17.8 Å². The maximum Gasteiger partial charge on any atom is 0.338 e. The Hall–Kier alpha value is -2.67. The van der Waals surface area contributed by atoms with Crippen molar-refractivity contribution in [2.45, 2.75) is 38.3 Å². The molecule has 198 valence electrons. The number of carbonyl (C=O) groups excluding carboxylic acids is 2. The molecule has 2 aliphatic heterocycles. The number of aliphatic imine (C=N–C) groups is 1. The summed E-state index contributed by atoms with van der Waals surface area (Å²) >= 11 is 4.88. The van der Waals surface area contributed by atoms with E-state index in [4.69, 9.17) is 20.2 Å². The van der Waals surface area contributed by atoms with Crippen LogP contribution in [0.2, 0.25) is 0 Å². The third-order valence-electron chi connectivity index (χ3n) is 6.13. The number of esters is 1. The number of nitrogens with zero attached hydrogens (tertiary/aromatic N) is 3. The van der Waals surface area contributed by atoms with E-state index in [1.165, 1.54) is 23.5 Å². The first-order chi connectivity index (χ1) is 17.9. The summed E-state index contributed by atoms with van der Waals surface area (Å²) in [6, 6.07) is 3.62. The average molecular weight is 595 g/mol. The van der Waals surface area contributed by atoms with Gasteiger partial charge in [-0.05, 0) is 31.0 Å². The highest BCUT2D eigenvalue weighted by Gasteiger charge is 2.34. The van der Waals surface area contributed by atoms with Crippen LogP contribution >= 0.6 is 27.3 Å². The van der Waals surface area contributed by atoms with Gasteiger partial charge in [0.25, 0.3) is 0 Å². The average Bonchev–Trinajstić information content (AvgIpc) is 3.41. The molecule has 1 aromatic heterocycles. The van der Waals surface area contributed by atoms with Gasteiger partial charge in [-0.3, -0.25) is 14.7 Å². The summed E-state index contributed by atoms with van der Waals surface area (Å²) in [5, 5.41) is 5.87. The van der Waals surface area contributed by atoms with Crippen molar-refractivity contribution in [1.29, 1.82) is 0 Å². The molecule has 37 heavy (non-hydrogen) atoms. The van der Waals surface area contributed by atoms with Crippen molar-refractivity contribution < 1.29 is 23.5 Å². The minimum atomic E-state index is -0.711. The molecule has 3 N–H and O–H groups in total. The number of amidine groups is 1. The SMILES string of the molecule is CCOC(=O)C1=C(CCN2CCOC(CCC(N)=O)C2)NC(c2nccs2)=N[C@@H]1c1ccc(F)cc1Br. The number of benzene rings is 1. The summed E-state index contributed by atoms with van der Waals surface area (Å²) in [5.74, 6) is -0.674. The van der Waals surface area contributed by atoms with Gasteiger partial charge in [0, 0.05) is 54.2 Å². The Balaban J connectivity index is 1.64. The highest BCUT2D eigenvalue weighted by molar-refractivity contribution is 9.10. The lowest BCUT2D eigenvalue weighted by atomic mass is 9.94. The molecule has 0 saturated carbocycles. The number of hydrogen-bond donors (Lipinski definition) is 2. The summed E-state index contributed by atoms with van der Waals surface area (Å²) < 4.78 is 25.6. The van der Waals surface area contributed by atoms with E-state index in [0.717, 1.165) is 6.54 Å². The molecule has 3 heterocycles. The molecule has 0 aliphatic carbocycles. The topological polar surface area (TPSA) is 119 Å². The first-order valence-corrected chi connectivity index (χ1v) is 13.7. The number of morpholine rings is 1. The molecule has 0 bridgehead atoms. The Morgan fingerprint density at radius 3 is 2.95 bits per heavy atom. The molecule has 1 aromatic carbocycles. The zero-order chi connectivity index (χ0) is 26.4. The summed E-state index contributed by atoms with van der Waals surface area (Å²) in [7, 11) is 0. The number of primary amides is 1. The van der Waals surface area contributed by atoms with Gasteiger partial charge < -0.3 is 20.5 Å². The van der Waals surface area contributed by atoms with Crippen molar-refractivity contribution >= 4 is 45.0 Å². The van der Waals surface area contributed by atoms with Crippen molar-refractivity contribution in [2.75, 3.05) is 32.8 Å². The van der Waals surface area contributed by atoms with E-state index in [-0.39, 0.29) is 25.0 Å². The van der Waals surface area contributed by atoms with Gasteiger partial charge in [-0.25, -0.2) is 14.2 Å². The number of rotatable bonds is 10. The molecular weight excluding hydrogens is 565 g/mol. The maximum absolute atomic E-state index is 13.9. The van der Waals surface area contributed by atoms with Crippen LogP contribution < -0.4 is 11.1 Å². The molecule has 9 nitrogen and oxygen atoms in total. The smallest absolute Gasteiger partial charge is 0.338 e. The van der Waals surface area contributed by atoms with E-state index in [1.54, 1.807) is 19.2 Å². The van der Waals surface area contributed by atoms with Crippen molar-refractivity contribution in [3.8, 4) is 0 Å². The van der Waals surface area contributed by atoms with Crippen LogP contribution in [-0.2, 0) is 19.1 Å². The molecular formula is C25H29BrFN5O4S.